The molecule has 0 heterocycles. The number of esters is 1. The number of ether oxygens (including phenoxy) is 1. The highest BCUT2D eigenvalue weighted by molar-refractivity contribution is 14.2. The molecule has 124 valence electrons. The zero-order valence-electron chi connectivity index (χ0n) is 13.1. The summed E-state index contributed by atoms with van der Waals surface area (Å²) in [7, 11) is 0.218. The number of rotatable bonds is 15. The van der Waals surface area contributed by atoms with Crippen LogP contribution in [0.1, 0.15) is 64.2 Å². The predicted octanol–water partition coefficient (Wildman–Crippen LogP) is 5.36. The van der Waals surface area contributed by atoms with Gasteiger partial charge in [-0.05, 0) is 6.42 Å². The minimum Gasteiger partial charge on any atom is -0.463 e. The second kappa shape index (κ2) is 17.2. The second-order valence-electron chi connectivity index (χ2n) is 5.44. The molecule has 0 aliphatic heterocycles. The Kier molecular flexibility index (Phi) is 18.0. The quantitative estimate of drug-likeness (QED) is 0.0704. The molecule has 0 atom stereocenters. The number of carbonyl (C=O) groups excluding carboxylic acids is 1. The highest BCUT2D eigenvalue weighted by Gasteiger charge is 1.98. The number of alkyl halides is 2. The van der Waals surface area contributed by atoms with Gasteiger partial charge in [-0.1, -0.05) is 116 Å². The minimum absolute atomic E-state index is 0.218. The Bertz CT molecular complexity index is 261. The number of halogens is 2. The monoisotopic (exact) mass is 536 g/mol. The van der Waals surface area contributed by atoms with E-state index in [1.807, 2.05) is 0 Å². The van der Waals surface area contributed by atoms with E-state index in [0.29, 0.717) is 6.61 Å². The zero-order valence-corrected chi connectivity index (χ0v) is 18.9. The molecule has 0 spiro atoms. The lowest BCUT2D eigenvalue weighted by molar-refractivity contribution is -0.137. The van der Waals surface area contributed by atoms with Gasteiger partial charge in [-0.2, -0.15) is 0 Å². The van der Waals surface area contributed by atoms with E-state index >= 15 is 0 Å². The molecule has 0 fully saturated rings. The van der Waals surface area contributed by atoms with Crippen molar-refractivity contribution in [1.29, 1.82) is 0 Å². The number of hydrogen-bond donors (Lipinski definition) is 0. The van der Waals surface area contributed by atoms with Crippen LogP contribution in [0.4, 0.5) is 0 Å². The Morgan fingerprint density at radius 1 is 0.952 bits per heavy atom. The van der Waals surface area contributed by atoms with Crippen LogP contribution in [-0.4, -0.2) is 23.7 Å². The fraction of sp³-hybridized carbons (Fsp3) is 0.812. The first-order valence-electron chi connectivity index (χ1n) is 8.24. The third-order valence-corrected chi connectivity index (χ3v) is 8.56. The summed E-state index contributed by atoms with van der Waals surface area (Å²) in [5, 5.41) is 0. The third kappa shape index (κ3) is 18.8. The first-order chi connectivity index (χ1) is 10.2. The van der Waals surface area contributed by atoms with Crippen molar-refractivity contribution >= 4 is 60.7 Å². The normalized spacial score (nSPS) is 11.4. The van der Waals surface area contributed by atoms with E-state index in [9.17, 15) is 4.79 Å². The first kappa shape index (κ1) is 21.9. The van der Waals surface area contributed by atoms with Gasteiger partial charge in [0.25, 0.3) is 0 Å². The van der Waals surface area contributed by atoms with Gasteiger partial charge < -0.3 is 4.74 Å². The Balaban J connectivity index is 3.02. The van der Waals surface area contributed by atoms with Gasteiger partial charge >= 0.3 is 5.97 Å². The van der Waals surface area contributed by atoms with Crippen LogP contribution in [-0.2, 0) is 9.53 Å². The maximum atomic E-state index is 10.8. The van der Waals surface area contributed by atoms with Crippen LogP contribution in [0.25, 0.3) is 0 Å². The topological polar surface area (TPSA) is 26.3 Å². The van der Waals surface area contributed by atoms with E-state index in [1.165, 1.54) is 69.9 Å². The van der Waals surface area contributed by atoms with Crippen molar-refractivity contribution in [3.8, 4) is 0 Å². The van der Waals surface area contributed by atoms with Gasteiger partial charge in [0.1, 0.15) is 0 Å². The molecule has 0 aromatic carbocycles. The molecule has 0 rings (SSSR count). The second-order valence-corrected chi connectivity index (χ2v) is 16.3. The van der Waals surface area contributed by atoms with Gasteiger partial charge in [-0.3, -0.25) is 0 Å². The first-order valence-corrected chi connectivity index (χ1v) is 12.5. The van der Waals surface area contributed by atoms with Crippen LogP contribution in [0.15, 0.2) is 12.7 Å². The molecule has 0 aromatic rings. The highest BCUT2D eigenvalue weighted by Crippen LogP contribution is 2.14. The average molecular weight is 536 g/mol. The summed E-state index contributed by atoms with van der Waals surface area (Å²) < 4.78 is 5.89. The fourth-order valence-corrected chi connectivity index (χ4v) is 5.82. The van der Waals surface area contributed by atoms with E-state index in [0.717, 1.165) is 7.98 Å². The lowest BCUT2D eigenvalue weighted by atomic mass is 10.1. The molecule has 0 saturated heterocycles. The number of unbranched alkanes of at least 4 members (excludes halogenated alkanes) is 9. The van der Waals surface area contributed by atoms with Crippen molar-refractivity contribution in [2.24, 2.45) is 0 Å². The van der Waals surface area contributed by atoms with Crippen LogP contribution >= 0.6 is 45.2 Å². The number of hydrogen-bond acceptors (Lipinski definition) is 2. The average Bonchev–Trinajstić information content (AvgIpc) is 2.46. The largest absolute Gasteiger partial charge is 0.463 e. The Labute approximate surface area is 160 Å². The molecule has 0 aliphatic rings. The Morgan fingerprint density at radius 3 is 1.90 bits per heavy atom. The van der Waals surface area contributed by atoms with Crippen molar-refractivity contribution in [3.05, 3.63) is 12.7 Å². The van der Waals surface area contributed by atoms with E-state index < -0.39 is 0 Å². The number of carbonyl (C=O) groups is 1. The van der Waals surface area contributed by atoms with Gasteiger partial charge in [-0.15, -0.1) is 0 Å². The molecule has 0 unspecified atom stereocenters. The van der Waals surface area contributed by atoms with Crippen molar-refractivity contribution in [1.82, 2.24) is 0 Å². The minimum atomic E-state index is -0.301. The molecule has 0 amide bonds. The van der Waals surface area contributed by atoms with Gasteiger partial charge in [-0.25, -0.2) is 4.79 Å². The summed E-state index contributed by atoms with van der Waals surface area (Å²) in [5.74, 6) is -0.301. The summed E-state index contributed by atoms with van der Waals surface area (Å²) in [6.45, 7) is 3.92. The predicted molar refractivity (Wildman–Crippen MR) is 113 cm³/mol. The molecule has 0 aromatic heterocycles. The van der Waals surface area contributed by atoms with E-state index in [-0.39, 0.29) is 15.5 Å². The van der Waals surface area contributed by atoms with E-state index in [2.05, 4.69) is 51.8 Å². The summed E-state index contributed by atoms with van der Waals surface area (Å²) in [4.78, 5) is 10.8. The maximum absolute atomic E-state index is 10.8. The molecular weight excluding hydrogens is 506 g/mol. The lowest BCUT2D eigenvalue weighted by Gasteiger charge is -2.04. The van der Waals surface area contributed by atoms with E-state index in [1.54, 1.807) is 0 Å². The van der Waals surface area contributed by atoms with Crippen LogP contribution in [0.2, 0.25) is 6.04 Å². The Morgan fingerprint density at radius 2 is 1.43 bits per heavy atom. The van der Waals surface area contributed by atoms with Crippen molar-refractivity contribution in [2.75, 3.05) is 6.61 Å². The third-order valence-electron chi connectivity index (χ3n) is 3.48. The molecule has 5 heteroatoms. The van der Waals surface area contributed by atoms with Crippen LogP contribution in [0, 0.1) is 0 Å². The van der Waals surface area contributed by atoms with Crippen LogP contribution in [0.3, 0.4) is 0 Å². The molecule has 0 saturated carbocycles. The molecule has 21 heavy (non-hydrogen) atoms. The fourth-order valence-electron chi connectivity index (χ4n) is 2.22. The van der Waals surface area contributed by atoms with Crippen LogP contribution in [0.5, 0.6) is 0 Å². The van der Waals surface area contributed by atoms with Crippen molar-refractivity contribution in [2.45, 2.75) is 71.8 Å². The SMILES string of the molecule is C=CC(=O)OCCCCCCCCCCCC[SiH2]C(I)I. The molecule has 0 bridgehead atoms. The summed E-state index contributed by atoms with van der Waals surface area (Å²) in [6.07, 6.45) is 14.5. The Hall–Kier alpha value is 0.887. The van der Waals surface area contributed by atoms with Crippen molar-refractivity contribution in [3.63, 3.8) is 0 Å². The van der Waals surface area contributed by atoms with Crippen molar-refractivity contribution < 1.29 is 9.53 Å². The summed E-state index contributed by atoms with van der Waals surface area (Å²) in [5.41, 5.74) is 0. The maximum Gasteiger partial charge on any atom is 0.330 e. The molecular formula is C16H30I2O2Si. The van der Waals surface area contributed by atoms with Gasteiger partial charge in [0.2, 0.25) is 0 Å². The standard InChI is InChI=1S/C16H30I2O2Si/c1-2-15(19)20-13-11-9-7-5-3-4-6-8-10-12-14-21-16(17)18/h2,16H,1,3-14,21H2. The van der Waals surface area contributed by atoms with Crippen LogP contribution < -0.4 is 0 Å². The zero-order chi connectivity index (χ0) is 15.8. The summed E-state index contributed by atoms with van der Waals surface area (Å²) >= 11 is 5.12. The molecule has 2 nitrogen and oxygen atoms in total. The van der Waals surface area contributed by atoms with E-state index in [4.69, 9.17) is 4.74 Å². The lowest BCUT2D eigenvalue weighted by Crippen LogP contribution is -2.01. The smallest absolute Gasteiger partial charge is 0.330 e. The molecule has 0 radical (unpaired) electrons. The highest BCUT2D eigenvalue weighted by atomic mass is 127. The molecule has 0 N–H and O–H groups in total. The van der Waals surface area contributed by atoms with Gasteiger partial charge in [0.05, 0.1) is 6.61 Å². The van der Waals surface area contributed by atoms with Gasteiger partial charge in [0.15, 0.2) is 0 Å². The van der Waals surface area contributed by atoms with Gasteiger partial charge in [0, 0.05) is 17.2 Å². The summed E-state index contributed by atoms with van der Waals surface area (Å²) in [6, 6.07) is 1.53. The molecule has 0 aliphatic carbocycles.